The largest absolute Gasteiger partial charge is 0.338 e. The average molecular weight is 337 g/mol. The third-order valence-electron chi connectivity index (χ3n) is 4.96. The van der Waals surface area contributed by atoms with Crippen LogP contribution in [-0.4, -0.2) is 48.6 Å². The van der Waals surface area contributed by atoms with E-state index in [1.165, 1.54) is 11.1 Å². The van der Waals surface area contributed by atoms with E-state index in [4.69, 9.17) is 0 Å². The third kappa shape index (κ3) is 4.83. The fraction of sp³-hybridized carbons (Fsp3) is 0.381. The summed E-state index contributed by atoms with van der Waals surface area (Å²) in [6.45, 7) is 6.33. The summed E-state index contributed by atoms with van der Waals surface area (Å²) in [4.78, 5) is 16.7. The average Bonchev–Trinajstić information content (AvgIpc) is 2.69. The normalized spacial score (nSPS) is 16.4. The number of piperazine rings is 1. The lowest BCUT2D eigenvalue weighted by molar-refractivity contribution is 0.114. The van der Waals surface area contributed by atoms with Crippen LogP contribution in [0.15, 0.2) is 60.7 Å². The first-order valence-electron chi connectivity index (χ1n) is 9.10. The van der Waals surface area contributed by atoms with E-state index in [0.717, 1.165) is 32.6 Å². The maximum atomic E-state index is 12.3. The Bertz CT molecular complexity index is 651. The van der Waals surface area contributed by atoms with Crippen LogP contribution >= 0.6 is 0 Å². The van der Waals surface area contributed by atoms with Crippen molar-refractivity contribution in [3.8, 4) is 0 Å². The van der Waals surface area contributed by atoms with Crippen LogP contribution in [0.5, 0.6) is 0 Å². The summed E-state index contributed by atoms with van der Waals surface area (Å²) >= 11 is 0. The van der Waals surface area contributed by atoms with E-state index in [1.807, 2.05) is 29.2 Å². The van der Waals surface area contributed by atoms with Gasteiger partial charge in [0.05, 0.1) is 0 Å². The summed E-state index contributed by atoms with van der Waals surface area (Å²) in [6, 6.07) is 21.3. The van der Waals surface area contributed by atoms with Gasteiger partial charge in [-0.2, -0.15) is 0 Å². The van der Waals surface area contributed by atoms with Gasteiger partial charge >= 0.3 is 6.03 Å². The van der Waals surface area contributed by atoms with E-state index in [0.29, 0.717) is 12.6 Å². The second kappa shape index (κ2) is 8.67. The minimum absolute atomic E-state index is 0.0583. The van der Waals surface area contributed by atoms with Crippen LogP contribution in [0.1, 0.15) is 24.1 Å². The summed E-state index contributed by atoms with van der Waals surface area (Å²) in [5.41, 5.74) is 2.59. The van der Waals surface area contributed by atoms with Crippen LogP contribution in [0, 0.1) is 0 Å². The van der Waals surface area contributed by atoms with Crippen LogP contribution in [0.2, 0.25) is 0 Å². The first kappa shape index (κ1) is 17.5. The molecule has 0 saturated carbocycles. The van der Waals surface area contributed by atoms with Crippen molar-refractivity contribution in [2.45, 2.75) is 19.4 Å². The molecule has 2 aromatic carbocycles. The highest BCUT2D eigenvalue weighted by molar-refractivity contribution is 5.74. The summed E-state index contributed by atoms with van der Waals surface area (Å²) in [6.07, 6.45) is 0.873. The highest BCUT2D eigenvalue weighted by Crippen LogP contribution is 2.21. The van der Waals surface area contributed by atoms with Gasteiger partial charge in [-0.1, -0.05) is 60.7 Å². The van der Waals surface area contributed by atoms with Crippen molar-refractivity contribution in [2.75, 3.05) is 32.7 Å². The molecule has 1 aliphatic heterocycles. The Kier molecular flexibility index (Phi) is 6.07. The van der Waals surface area contributed by atoms with Crippen molar-refractivity contribution in [2.24, 2.45) is 0 Å². The number of hydrogen-bond acceptors (Lipinski definition) is 2. The molecule has 0 aromatic heterocycles. The predicted molar refractivity (Wildman–Crippen MR) is 102 cm³/mol. The second-order valence-corrected chi connectivity index (χ2v) is 6.58. The van der Waals surface area contributed by atoms with Gasteiger partial charge in [0.15, 0.2) is 0 Å². The molecule has 1 heterocycles. The van der Waals surface area contributed by atoms with E-state index in [-0.39, 0.29) is 6.03 Å². The van der Waals surface area contributed by atoms with Gasteiger partial charge in [-0.05, 0) is 24.5 Å². The summed E-state index contributed by atoms with van der Waals surface area (Å²) in [7, 11) is 0. The first-order chi connectivity index (χ1) is 12.2. The molecule has 0 aliphatic carbocycles. The predicted octanol–water partition coefficient (Wildman–Crippen LogP) is 3.32. The lowest BCUT2D eigenvalue weighted by atomic mass is 10.1. The van der Waals surface area contributed by atoms with E-state index in [2.05, 4.69) is 53.5 Å². The monoisotopic (exact) mass is 337 g/mol. The van der Waals surface area contributed by atoms with Gasteiger partial charge in [0.1, 0.15) is 0 Å². The van der Waals surface area contributed by atoms with Crippen molar-refractivity contribution >= 4 is 6.03 Å². The maximum absolute atomic E-state index is 12.3. The fourth-order valence-corrected chi connectivity index (χ4v) is 3.32. The quantitative estimate of drug-likeness (QED) is 0.908. The van der Waals surface area contributed by atoms with Crippen molar-refractivity contribution < 1.29 is 4.79 Å². The minimum atomic E-state index is 0.0583. The van der Waals surface area contributed by atoms with E-state index in [9.17, 15) is 4.79 Å². The first-order valence-corrected chi connectivity index (χ1v) is 9.10. The molecule has 1 fully saturated rings. The Morgan fingerprint density at radius 2 is 1.56 bits per heavy atom. The number of rotatable bonds is 5. The molecule has 2 amide bonds. The van der Waals surface area contributed by atoms with Crippen molar-refractivity contribution in [3.05, 3.63) is 71.8 Å². The molecule has 1 unspecified atom stereocenters. The van der Waals surface area contributed by atoms with Crippen molar-refractivity contribution in [1.29, 1.82) is 0 Å². The molecule has 0 radical (unpaired) electrons. The molecule has 4 heteroatoms. The van der Waals surface area contributed by atoms with Gasteiger partial charge in [-0.3, -0.25) is 4.90 Å². The number of benzene rings is 2. The molecule has 0 bridgehead atoms. The molecule has 2 aromatic rings. The lowest BCUT2D eigenvalue weighted by Gasteiger charge is -2.38. The molecule has 25 heavy (non-hydrogen) atoms. The fourth-order valence-electron chi connectivity index (χ4n) is 3.32. The number of amides is 2. The molecule has 0 spiro atoms. The Labute approximate surface area is 150 Å². The molecular weight excluding hydrogens is 310 g/mol. The zero-order valence-electron chi connectivity index (χ0n) is 14.9. The number of nitrogens with one attached hydrogen (secondary N) is 1. The Balaban J connectivity index is 1.41. The van der Waals surface area contributed by atoms with Crippen LogP contribution in [-0.2, 0) is 6.42 Å². The van der Waals surface area contributed by atoms with Gasteiger partial charge in [-0.25, -0.2) is 4.79 Å². The number of urea groups is 1. The minimum Gasteiger partial charge on any atom is -0.338 e. The number of hydrogen-bond donors (Lipinski definition) is 1. The zero-order chi connectivity index (χ0) is 17.5. The Morgan fingerprint density at radius 1 is 0.960 bits per heavy atom. The van der Waals surface area contributed by atoms with Gasteiger partial charge < -0.3 is 10.2 Å². The van der Waals surface area contributed by atoms with Crippen molar-refractivity contribution in [3.63, 3.8) is 0 Å². The van der Waals surface area contributed by atoms with Gasteiger partial charge in [0, 0.05) is 38.8 Å². The van der Waals surface area contributed by atoms with Gasteiger partial charge in [0.25, 0.3) is 0 Å². The topological polar surface area (TPSA) is 35.6 Å². The van der Waals surface area contributed by atoms with Crippen LogP contribution in [0.25, 0.3) is 0 Å². The molecule has 3 rings (SSSR count). The summed E-state index contributed by atoms with van der Waals surface area (Å²) in [5.74, 6) is 0. The highest BCUT2D eigenvalue weighted by Gasteiger charge is 2.24. The maximum Gasteiger partial charge on any atom is 0.317 e. The molecule has 1 saturated heterocycles. The van der Waals surface area contributed by atoms with Crippen LogP contribution in [0.3, 0.4) is 0 Å². The Hall–Kier alpha value is -2.33. The van der Waals surface area contributed by atoms with E-state index >= 15 is 0 Å². The number of nitrogens with zero attached hydrogens (tertiary/aromatic N) is 2. The number of carbonyl (C=O) groups is 1. The van der Waals surface area contributed by atoms with Gasteiger partial charge in [-0.15, -0.1) is 0 Å². The van der Waals surface area contributed by atoms with Gasteiger partial charge in [0.2, 0.25) is 0 Å². The van der Waals surface area contributed by atoms with E-state index in [1.54, 1.807) is 0 Å². The van der Waals surface area contributed by atoms with Crippen LogP contribution in [0.4, 0.5) is 4.79 Å². The highest BCUT2D eigenvalue weighted by atomic mass is 16.2. The molecule has 1 aliphatic rings. The second-order valence-electron chi connectivity index (χ2n) is 6.58. The zero-order valence-corrected chi connectivity index (χ0v) is 14.9. The smallest absolute Gasteiger partial charge is 0.317 e. The Morgan fingerprint density at radius 3 is 2.20 bits per heavy atom. The third-order valence-corrected chi connectivity index (χ3v) is 4.96. The van der Waals surface area contributed by atoms with Crippen LogP contribution < -0.4 is 5.32 Å². The lowest BCUT2D eigenvalue weighted by Crippen LogP contribution is -2.52. The molecule has 132 valence electrons. The summed E-state index contributed by atoms with van der Waals surface area (Å²) in [5, 5.41) is 3.05. The summed E-state index contributed by atoms with van der Waals surface area (Å²) < 4.78 is 0. The molecular formula is C21H27N3O. The number of carbonyl (C=O) groups excluding carboxylic acids is 1. The molecule has 4 nitrogen and oxygen atoms in total. The van der Waals surface area contributed by atoms with E-state index < -0.39 is 0 Å². The molecule has 1 atom stereocenters. The standard InChI is InChI=1S/C21H27N3O/c1-18(20-10-6-3-7-11-20)23-14-16-24(17-15-23)21(25)22-13-12-19-8-4-2-5-9-19/h2-11,18H,12-17H2,1H3,(H,22,25). The molecule has 1 N–H and O–H groups in total. The van der Waals surface area contributed by atoms with Crippen molar-refractivity contribution in [1.82, 2.24) is 15.1 Å². The SMILES string of the molecule is CC(c1ccccc1)N1CCN(C(=O)NCCc2ccccc2)CC1.